The Bertz CT molecular complexity index is 1620. The van der Waals surface area contributed by atoms with Gasteiger partial charge in [-0.1, -0.05) is 54.4 Å². The van der Waals surface area contributed by atoms with Crippen molar-refractivity contribution in [3.05, 3.63) is 40.7 Å². The van der Waals surface area contributed by atoms with Crippen LogP contribution in [-0.4, -0.2) is 34.1 Å². The second kappa shape index (κ2) is 13.2. The molecule has 2 aliphatic heterocycles. The molecule has 0 bridgehead atoms. The van der Waals surface area contributed by atoms with Gasteiger partial charge in [-0.25, -0.2) is 18.7 Å². The fraction of sp³-hybridized carbons (Fsp3) is 0.484. The van der Waals surface area contributed by atoms with Crippen molar-refractivity contribution < 1.29 is 13.5 Å². The molecule has 8 nitrogen and oxygen atoms in total. The number of nitrogens with two attached hydrogens (primary N) is 2. The molecule has 4 N–H and O–H groups in total. The van der Waals surface area contributed by atoms with Crippen LogP contribution in [0.5, 0.6) is 0 Å². The van der Waals surface area contributed by atoms with Gasteiger partial charge in [0.15, 0.2) is 11.6 Å². The van der Waals surface area contributed by atoms with Crippen LogP contribution in [0.4, 0.5) is 19.7 Å². The fourth-order valence-electron chi connectivity index (χ4n) is 5.42. The van der Waals surface area contributed by atoms with E-state index < -0.39 is 11.6 Å². The summed E-state index contributed by atoms with van der Waals surface area (Å²) < 4.78 is 36.6. The second-order valence-electron chi connectivity index (χ2n) is 10.9. The second-order valence-corrected chi connectivity index (χ2v) is 12.0. The molecular formula is C31H39F2N7OS. The molecule has 1 aromatic carbocycles. The third-order valence-electron chi connectivity index (χ3n) is 7.55. The Morgan fingerprint density at radius 2 is 1.88 bits per heavy atom. The van der Waals surface area contributed by atoms with Gasteiger partial charge in [-0.3, -0.25) is 4.98 Å². The van der Waals surface area contributed by atoms with E-state index in [0.717, 1.165) is 29.0 Å². The van der Waals surface area contributed by atoms with Gasteiger partial charge in [-0.2, -0.15) is 5.26 Å². The maximum Gasteiger partial charge on any atom is 0.226 e. The van der Waals surface area contributed by atoms with Crippen molar-refractivity contribution >= 4 is 43.3 Å². The fourth-order valence-corrected chi connectivity index (χ4v) is 6.34. The molecule has 224 valence electrons. The molecule has 5 heterocycles. The number of benzene rings is 1. The highest BCUT2D eigenvalue weighted by molar-refractivity contribution is 7.23. The smallest absolute Gasteiger partial charge is 0.226 e. The molecule has 2 aliphatic rings. The van der Waals surface area contributed by atoms with Crippen LogP contribution in [0.25, 0.3) is 32.2 Å². The van der Waals surface area contributed by atoms with Crippen LogP contribution in [0.1, 0.15) is 71.1 Å². The van der Waals surface area contributed by atoms with Gasteiger partial charge in [-0.15, -0.1) is 11.3 Å². The quantitative estimate of drug-likeness (QED) is 0.260. The van der Waals surface area contributed by atoms with Crippen molar-refractivity contribution in [2.75, 3.05) is 23.7 Å². The topological polar surface area (TPSA) is 127 Å². The number of fused-ring (bicyclic) bond motifs is 4. The van der Waals surface area contributed by atoms with Crippen molar-refractivity contribution in [2.45, 2.75) is 73.6 Å². The monoisotopic (exact) mass is 595 g/mol. The molecule has 0 amide bonds. The highest BCUT2D eigenvalue weighted by Crippen LogP contribution is 2.45. The maximum absolute atomic E-state index is 16.3. The van der Waals surface area contributed by atoms with Gasteiger partial charge in [0.1, 0.15) is 16.6 Å². The van der Waals surface area contributed by atoms with Crippen molar-refractivity contribution in [1.82, 2.24) is 15.0 Å². The molecule has 2 unspecified atom stereocenters. The molecule has 3 aromatic heterocycles. The molecule has 6 rings (SSSR count). The van der Waals surface area contributed by atoms with E-state index in [1.807, 2.05) is 24.8 Å². The molecule has 1 fully saturated rings. The molecule has 0 spiro atoms. The van der Waals surface area contributed by atoms with Gasteiger partial charge in [0, 0.05) is 41.7 Å². The zero-order chi connectivity index (χ0) is 30.7. The van der Waals surface area contributed by atoms with E-state index in [1.54, 1.807) is 6.20 Å². The number of ether oxygens (including phenoxy) is 1. The minimum absolute atomic E-state index is 0.0155. The average Bonchev–Trinajstić information content (AvgIpc) is 3.68. The number of rotatable bonds is 4. The highest BCUT2D eigenvalue weighted by atomic mass is 32.1. The predicted molar refractivity (Wildman–Crippen MR) is 166 cm³/mol. The van der Waals surface area contributed by atoms with Crippen LogP contribution >= 0.6 is 11.3 Å². The molecule has 0 aliphatic carbocycles. The molecule has 1 saturated heterocycles. The van der Waals surface area contributed by atoms with E-state index in [9.17, 15) is 9.65 Å². The van der Waals surface area contributed by atoms with E-state index in [-0.39, 0.29) is 62.6 Å². The molecule has 11 heteroatoms. The lowest BCUT2D eigenvalue weighted by Gasteiger charge is -2.18. The lowest BCUT2D eigenvalue weighted by molar-refractivity contribution is 0.135. The number of thiophene rings is 1. The first-order valence-corrected chi connectivity index (χ1v) is 15.3. The Kier molecular flexibility index (Phi) is 9.92. The first-order chi connectivity index (χ1) is 20.2. The molecular weight excluding hydrogens is 556 g/mol. The number of hydrogen-bond acceptors (Lipinski definition) is 9. The molecule has 0 saturated carbocycles. The van der Waals surface area contributed by atoms with E-state index in [2.05, 4.69) is 42.6 Å². The summed E-state index contributed by atoms with van der Waals surface area (Å²) in [4.78, 5) is 15.2. The number of pyridine rings is 1. The van der Waals surface area contributed by atoms with Crippen molar-refractivity contribution in [1.29, 1.82) is 5.26 Å². The van der Waals surface area contributed by atoms with Gasteiger partial charge >= 0.3 is 0 Å². The van der Waals surface area contributed by atoms with Gasteiger partial charge in [0.05, 0.1) is 35.4 Å². The molecule has 42 heavy (non-hydrogen) atoms. The van der Waals surface area contributed by atoms with E-state index in [1.165, 1.54) is 12.8 Å². The van der Waals surface area contributed by atoms with Crippen LogP contribution in [0.3, 0.4) is 0 Å². The van der Waals surface area contributed by atoms with Crippen LogP contribution in [0.15, 0.2) is 12.4 Å². The molecule has 0 radical (unpaired) electrons. The van der Waals surface area contributed by atoms with Crippen LogP contribution in [-0.2, 0) is 18.0 Å². The molecule has 4 aromatic rings. The first kappa shape index (κ1) is 31.5. The Balaban J connectivity index is 0.000000453. The van der Waals surface area contributed by atoms with Gasteiger partial charge in [0.2, 0.25) is 5.95 Å². The summed E-state index contributed by atoms with van der Waals surface area (Å²) in [5.41, 5.74) is 14.0. The summed E-state index contributed by atoms with van der Waals surface area (Å²) in [6.45, 7) is 14.4. The minimum atomic E-state index is -0.617. The standard InChI is InChI=1S/C23H19F2N7OS.C6H14.C2H6/c1-9-5-32(6-15(9)27)23-30-3-11-12-7-33-8-13(12)16(18(25)19(11)31-23)20-17-10(2-26)22(28)34-21(17)14(24)4-29-20;1-4-5-6(2)3;1-2/h3-4,9,15H,5-8,27-28H2,1H3;6H,4-5H2,1-3H3;1-2H3. The Hall–Kier alpha value is -3.46. The Morgan fingerprint density at radius 3 is 2.48 bits per heavy atom. The Labute approximate surface area is 249 Å². The first-order valence-electron chi connectivity index (χ1n) is 14.5. The Morgan fingerprint density at radius 1 is 1.17 bits per heavy atom. The van der Waals surface area contributed by atoms with Gasteiger partial charge in [-0.05, 0) is 23.0 Å². The third kappa shape index (κ3) is 5.76. The number of nitrogens with zero attached hydrogens (tertiary/aromatic N) is 5. The van der Waals surface area contributed by atoms with Crippen LogP contribution in [0.2, 0.25) is 0 Å². The van der Waals surface area contributed by atoms with Gasteiger partial charge in [0.25, 0.3) is 0 Å². The average molecular weight is 596 g/mol. The maximum atomic E-state index is 16.3. The lowest BCUT2D eigenvalue weighted by Crippen LogP contribution is -2.29. The summed E-state index contributed by atoms with van der Waals surface area (Å²) in [5, 5.41) is 10.6. The normalized spacial score (nSPS) is 17.6. The van der Waals surface area contributed by atoms with Crippen molar-refractivity contribution in [2.24, 2.45) is 17.6 Å². The number of hydrogen-bond donors (Lipinski definition) is 2. The number of nitrogen functional groups attached to an aromatic ring is 1. The largest absolute Gasteiger partial charge is 0.389 e. The minimum Gasteiger partial charge on any atom is -0.389 e. The van der Waals surface area contributed by atoms with Gasteiger partial charge < -0.3 is 21.1 Å². The third-order valence-corrected chi connectivity index (χ3v) is 8.58. The number of aromatic nitrogens is 3. The SMILES string of the molecule is CC.CC1CN(c2ncc3c4c(c(-c5ncc(F)c6sc(N)c(C#N)c56)c(F)c3n2)COC4)CC1N.CCCC(C)C. The number of anilines is 2. The summed E-state index contributed by atoms with van der Waals surface area (Å²) in [7, 11) is 0. The summed E-state index contributed by atoms with van der Waals surface area (Å²) in [5.74, 6) is 0.322. The summed E-state index contributed by atoms with van der Waals surface area (Å²) in [6, 6.07) is 2.00. The number of halogens is 2. The zero-order valence-electron chi connectivity index (χ0n) is 25.1. The highest BCUT2D eigenvalue weighted by Gasteiger charge is 2.32. The van der Waals surface area contributed by atoms with E-state index in [4.69, 9.17) is 16.2 Å². The van der Waals surface area contributed by atoms with Crippen molar-refractivity contribution in [3.63, 3.8) is 0 Å². The van der Waals surface area contributed by atoms with Crippen LogP contribution < -0.4 is 16.4 Å². The zero-order valence-corrected chi connectivity index (χ0v) is 25.9. The van der Waals surface area contributed by atoms with Crippen LogP contribution in [0, 0.1) is 34.8 Å². The lowest BCUT2D eigenvalue weighted by atomic mass is 9.94. The summed E-state index contributed by atoms with van der Waals surface area (Å²) >= 11 is 0.944. The molecule has 2 atom stereocenters. The van der Waals surface area contributed by atoms with Crippen molar-refractivity contribution in [3.8, 4) is 17.3 Å². The predicted octanol–water partition coefficient (Wildman–Crippen LogP) is 6.92. The summed E-state index contributed by atoms with van der Waals surface area (Å²) in [6.07, 6.45) is 5.35. The van der Waals surface area contributed by atoms with E-state index >= 15 is 4.39 Å². The number of nitriles is 1. The van der Waals surface area contributed by atoms with E-state index in [0.29, 0.717) is 30.0 Å².